The van der Waals surface area contributed by atoms with E-state index in [-0.39, 0.29) is 5.38 Å². The van der Waals surface area contributed by atoms with Crippen LogP contribution < -0.4 is 0 Å². The summed E-state index contributed by atoms with van der Waals surface area (Å²) in [6.07, 6.45) is 0. The second-order valence-corrected chi connectivity index (χ2v) is 5.80. The van der Waals surface area contributed by atoms with Gasteiger partial charge in [-0.3, -0.25) is 0 Å². The lowest BCUT2D eigenvalue weighted by atomic mass is 10.6. The third-order valence-electron chi connectivity index (χ3n) is 1.04. The summed E-state index contributed by atoms with van der Waals surface area (Å²) in [4.78, 5) is 0. The first-order valence-electron chi connectivity index (χ1n) is 3.72. The van der Waals surface area contributed by atoms with E-state index in [1.54, 1.807) is 0 Å². The molecule has 0 heterocycles. The summed E-state index contributed by atoms with van der Waals surface area (Å²) in [7, 11) is 0. The average molecular weight is 268 g/mol. The van der Waals surface area contributed by atoms with E-state index in [2.05, 4.69) is 0 Å². The highest BCUT2D eigenvalue weighted by molar-refractivity contribution is 8.00. The molecule has 0 unspecified atom stereocenters. The fourth-order valence-corrected chi connectivity index (χ4v) is 3.22. The van der Waals surface area contributed by atoms with E-state index in [1.807, 2.05) is 23.5 Å². The molecule has 0 nitrogen and oxygen atoms in total. The molecule has 74 valence electrons. The first-order valence-corrected chi connectivity index (χ1v) is 7.54. The Hall–Kier alpha value is 1.57. The molecule has 0 radical (unpaired) electrons. The van der Waals surface area contributed by atoms with Crippen LogP contribution in [-0.4, -0.2) is 40.1 Å². The zero-order valence-corrected chi connectivity index (χ0v) is 10.7. The van der Waals surface area contributed by atoms with E-state index < -0.39 is 0 Å². The maximum Gasteiger partial charge on any atom is 0.0516 e. The third kappa shape index (κ3) is 9.66. The van der Waals surface area contributed by atoms with Gasteiger partial charge in [-0.25, -0.2) is 0 Å². The van der Waals surface area contributed by atoms with Crippen molar-refractivity contribution in [2.24, 2.45) is 0 Å². The SMILES string of the molecule is ClCCSCC(Cl)CSCCCl. The molecule has 0 saturated heterocycles. The molecule has 0 atom stereocenters. The van der Waals surface area contributed by atoms with Gasteiger partial charge < -0.3 is 0 Å². The van der Waals surface area contributed by atoms with Crippen molar-refractivity contribution >= 4 is 58.3 Å². The molecule has 0 aromatic rings. The molecule has 0 amide bonds. The van der Waals surface area contributed by atoms with Crippen LogP contribution in [0.15, 0.2) is 0 Å². The summed E-state index contributed by atoms with van der Waals surface area (Å²) in [6.45, 7) is 0. The third-order valence-corrected chi connectivity index (χ3v) is 4.80. The van der Waals surface area contributed by atoms with Gasteiger partial charge in [-0.2, -0.15) is 23.5 Å². The number of hydrogen-bond donors (Lipinski definition) is 0. The van der Waals surface area contributed by atoms with Crippen LogP contribution in [0.2, 0.25) is 0 Å². The summed E-state index contributed by atoms with van der Waals surface area (Å²) >= 11 is 20.7. The largest absolute Gasteiger partial charge is 0.159 e. The molecule has 5 heteroatoms. The predicted octanol–water partition coefficient (Wildman–Crippen LogP) is 3.54. The highest BCUT2D eigenvalue weighted by Gasteiger charge is 2.03. The van der Waals surface area contributed by atoms with Crippen molar-refractivity contribution in [3.05, 3.63) is 0 Å². The Morgan fingerprint density at radius 2 is 1.33 bits per heavy atom. The van der Waals surface area contributed by atoms with Crippen molar-refractivity contribution in [3.8, 4) is 0 Å². The van der Waals surface area contributed by atoms with Gasteiger partial charge in [0, 0.05) is 34.8 Å². The van der Waals surface area contributed by atoms with Gasteiger partial charge >= 0.3 is 0 Å². The van der Waals surface area contributed by atoms with Crippen LogP contribution in [0.1, 0.15) is 0 Å². The molecule has 0 aliphatic heterocycles. The molecule has 0 aromatic heterocycles. The number of thioether (sulfide) groups is 2. The van der Waals surface area contributed by atoms with Crippen LogP contribution in [0.5, 0.6) is 0 Å². The first kappa shape index (κ1) is 13.6. The van der Waals surface area contributed by atoms with E-state index in [9.17, 15) is 0 Å². The van der Waals surface area contributed by atoms with Gasteiger partial charge in [-0.05, 0) is 0 Å². The van der Waals surface area contributed by atoms with Gasteiger partial charge in [0.15, 0.2) is 0 Å². The topological polar surface area (TPSA) is 0 Å². The maximum absolute atomic E-state index is 6.02. The van der Waals surface area contributed by atoms with E-state index in [4.69, 9.17) is 34.8 Å². The van der Waals surface area contributed by atoms with E-state index in [0.29, 0.717) is 11.8 Å². The monoisotopic (exact) mass is 266 g/mol. The number of hydrogen-bond acceptors (Lipinski definition) is 2. The highest BCUT2D eigenvalue weighted by Crippen LogP contribution is 2.14. The summed E-state index contributed by atoms with van der Waals surface area (Å²) in [5, 5.41) is 0.256. The second kappa shape index (κ2) is 10.6. The van der Waals surface area contributed by atoms with Crippen molar-refractivity contribution in [2.45, 2.75) is 5.38 Å². The smallest absolute Gasteiger partial charge is 0.0516 e. The lowest BCUT2D eigenvalue weighted by Crippen LogP contribution is -2.07. The Balaban J connectivity index is 3.04. The predicted molar refractivity (Wildman–Crippen MR) is 65.7 cm³/mol. The zero-order chi connectivity index (χ0) is 9.23. The normalized spacial score (nSPS) is 11.0. The van der Waals surface area contributed by atoms with Crippen LogP contribution in [0.3, 0.4) is 0 Å². The van der Waals surface area contributed by atoms with Crippen LogP contribution in [0, 0.1) is 0 Å². The molecular formula is C7H13Cl3S2. The number of rotatable bonds is 8. The Morgan fingerprint density at radius 1 is 0.917 bits per heavy atom. The van der Waals surface area contributed by atoms with E-state index in [0.717, 1.165) is 23.0 Å². The van der Waals surface area contributed by atoms with Crippen molar-refractivity contribution in [3.63, 3.8) is 0 Å². The quantitative estimate of drug-likeness (QED) is 0.487. The van der Waals surface area contributed by atoms with Crippen LogP contribution in [0.4, 0.5) is 0 Å². The summed E-state index contributed by atoms with van der Waals surface area (Å²) in [6, 6.07) is 0. The molecule has 0 saturated carbocycles. The molecule has 0 aliphatic rings. The molecule has 0 spiro atoms. The molecule has 0 N–H and O–H groups in total. The van der Waals surface area contributed by atoms with Crippen LogP contribution in [0.25, 0.3) is 0 Å². The Morgan fingerprint density at radius 3 is 1.67 bits per heavy atom. The van der Waals surface area contributed by atoms with E-state index in [1.165, 1.54) is 0 Å². The maximum atomic E-state index is 6.02. The molecule has 0 aromatic carbocycles. The van der Waals surface area contributed by atoms with Gasteiger partial charge in [0.05, 0.1) is 5.38 Å². The highest BCUT2D eigenvalue weighted by atomic mass is 35.5. The first-order chi connectivity index (χ1) is 5.81. The lowest BCUT2D eigenvalue weighted by Gasteiger charge is -2.06. The van der Waals surface area contributed by atoms with Crippen molar-refractivity contribution in [1.29, 1.82) is 0 Å². The van der Waals surface area contributed by atoms with Crippen LogP contribution >= 0.6 is 58.3 Å². The molecule has 0 rings (SSSR count). The van der Waals surface area contributed by atoms with Gasteiger partial charge in [0.2, 0.25) is 0 Å². The minimum absolute atomic E-state index is 0.256. The zero-order valence-electron chi connectivity index (χ0n) is 6.77. The fraction of sp³-hybridized carbons (Fsp3) is 1.00. The minimum Gasteiger partial charge on any atom is -0.159 e. The van der Waals surface area contributed by atoms with Crippen molar-refractivity contribution in [1.82, 2.24) is 0 Å². The summed E-state index contributed by atoms with van der Waals surface area (Å²) in [5.41, 5.74) is 0. The van der Waals surface area contributed by atoms with Gasteiger partial charge in [0.1, 0.15) is 0 Å². The standard InChI is InChI=1S/C7H13Cl3S2/c8-1-3-11-5-7(10)6-12-4-2-9/h7H,1-6H2. The molecule has 0 aliphatic carbocycles. The number of halogens is 3. The Kier molecular flexibility index (Phi) is 12.0. The fourth-order valence-electron chi connectivity index (χ4n) is 0.580. The number of alkyl halides is 3. The van der Waals surface area contributed by atoms with Crippen molar-refractivity contribution < 1.29 is 0 Å². The molecule has 0 bridgehead atoms. The Labute approximate surface area is 98.1 Å². The summed E-state index contributed by atoms with van der Waals surface area (Å²) in [5.74, 6) is 5.38. The molecule has 0 fully saturated rings. The van der Waals surface area contributed by atoms with Gasteiger partial charge in [-0.1, -0.05) is 0 Å². The van der Waals surface area contributed by atoms with Gasteiger partial charge in [0.25, 0.3) is 0 Å². The second-order valence-electron chi connectivity index (χ2n) is 2.13. The minimum atomic E-state index is 0.256. The molecular weight excluding hydrogens is 255 g/mol. The lowest BCUT2D eigenvalue weighted by molar-refractivity contribution is 1.13. The van der Waals surface area contributed by atoms with Crippen molar-refractivity contribution in [2.75, 3.05) is 34.8 Å². The van der Waals surface area contributed by atoms with Gasteiger partial charge in [-0.15, -0.1) is 34.8 Å². The Bertz CT molecular complexity index is 82.7. The average Bonchev–Trinajstić information content (AvgIpc) is 2.06. The van der Waals surface area contributed by atoms with Crippen LogP contribution in [-0.2, 0) is 0 Å². The summed E-state index contributed by atoms with van der Waals surface area (Å²) < 4.78 is 0. The molecule has 12 heavy (non-hydrogen) atoms. The van der Waals surface area contributed by atoms with E-state index >= 15 is 0 Å².